The van der Waals surface area contributed by atoms with E-state index in [9.17, 15) is 8.78 Å². The lowest BCUT2D eigenvalue weighted by molar-refractivity contribution is 0.502. The Bertz CT molecular complexity index is 619. The van der Waals surface area contributed by atoms with Gasteiger partial charge in [-0.25, -0.2) is 8.78 Å². The Balaban J connectivity index is 2.43. The molecule has 2 N–H and O–H groups in total. The van der Waals surface area contributed by atoms with Crippen LogP contribution in [0.4, 0.5) is 8.78 Å². The van der Waals surface area contributed by atoms with Crippen molar-refractivity contribution in [3.63, 3.8) is 0 Å². The normalized spacial score (nSPS) is 12.2. The van der Waals surface area contributed by atoms with Gasteiger partial charge in [0.05, 0.1) is 11.7 Å². The number of aromatic nitrogens is 2. The van der Waals surface area contributed by atoms with Crippen LogP contribution in [0.2, 0.25) is 0 Å². The van der Waals surface area contributed by atoms with E-state index in [1.807, 2.05) is 6.92 Å². The predicted octanol–water partition coefficient (Wildman–Crippen LogP) is 2.22. The third kappa shape index (κ3) is 2.46. The summed E-state index contributed by atoms with van der Waals surface area (Å²) in [6.07, 6.45) is 1.70. The van der Waals surface area contributed by atoms with Gasteiger partial charge < -0.3 is 5.73 Å². The van der Waals surface area contributed by atoms with Crippen LogP contribution >= 0.6 is 0 Å². The summed E-state index contributed by atoms with van der Waals surface area (Å²) in [4.78, 5) is 0. The number of rotatable bonds is 3. The molecule has 1 aromatic heterocycles. The first-order chi connectivity index (χ1) is 9.06. The van der Waals surface area contributed by atoms with Crippen molar-refractivity contribution >= 4 is 0 Å². The van der Waals surface area contributed by atoms with Crippen LogP contribution in [0, 0.1) is 23.0 Å². The van der Waals surface area contributed by atoms with E-state index >= 15 is 0 Å². The van der Waals surface area contributed by atoms with E-state index in [1.54, 1.807) is 16.9 Å². The van der Waals surface area contributed by atoms with E-state index in [0.29, 0.717) is 12.2 Å². The van der Waals surface area contributed by atoms with E-state index in [-0.39, 0.29) is 11.6 Å². The molecule has 0 unspecified atom stereocenters. The second-order valence-electron chi connectivity index (χ2n) is 4.19. The van der Waals surface area contributed by atoms with Crippen molar-refractivity contribution in [3.05, 3.63) is 41.6 Å². The van der Waals surface area contributed by atoms with Gasteiger partial charge in [-0.15, -0.1) is 0 Å². The van der Waals surface area contributed by atoms with Gasteiger partial charge in [0.1, 0.15) is 23.3 Å². The molecule has 2 rings (SSSR count). The number of halogens is 2. The number of nitriles is 1. The molecule has 0 saturated carbocycles. The second kappa shape index (κ2) is 5.16. The lowest BCUT2D eigenvalue weighted by Gasteiger charge is -2.08. The number of nitrogens with two attached hydrogens (primary N) is 1. The highest BCUT2D eigenvalue weighted by atomic mass is 19.1. The molecule has 1 heterocycles. The Kier molecular flexibility index (Phi) is 3.58. The van der Waals surface area contributed by atoms with Crippen LogP contribution in [0.3, 0.4) is 0 Å². The largest absolute Gasteiger partial charge is 0.328 e. The van der Waals surface area contributed by atoms with Crippen LogP contribution in [0.15, 0.2) is 24.4 Å². The Hall–Kier alpha value is -2.26. The van der Waals surface area contributed by atoms with Crippen molar-refractivity contribution in [2.24, 2.45) is 5.73 Å². The number of benzene rings is 1. The van der Waals surface area contributed by atoms with Gasteiger partial charge in [0.15, 0.2) is 0 Å². The third-order valence-corrected chi connectivity index (χ3v) is 2.85. The molecule has 0 aliphatic rings. The fourth-order valence-electron chi connectivity index (χ4n) is 1.67. The first-order valence-corrected chi connectivity index (χ1v) is 5.71. The molecular formula is C13H12F2N4. The molecule has 0 bridgehead atoms. The summed E-state index contributed by atoms with van der Waals surface area (Å²) >= 11 is 0. The fourth-order valence-corrected chi connectivity index (χ4v) is 1.67. The first kappa shape index (κ1) is 13.2. The molecular weight excluding hydrogens is 250 g/mol. The molecule has 1 aromatic carbocycles. The molecule has 0 aliphatic carbocycles. The summed E-state index contributed by atoms with van der Waals surface area (Å²) in [6, 6.07) is 5.33. The van der Waals surface area contributed by atoms with Crippen LogP contribution in [0.25, 0.3) is 11.3 Å². The summed E-state index contributed by atoms with van der Waals surface area (Å²) in [5.41, 5.74) is 5.66. The molecule has 0 amide bonds. The average molecular weight is 262 g/mol. The van der Waals surface area contributed by atoms with Crippen LogP contribution in [0.5, 0.6) is 0 Å². The molecule has 0 radical (unpaired) electrons. The molecule has 0 spiro atoms. The first-order valence-electron chi connectivity index (χ1n) is 5.71. The van der Waals surface area contributed by atoms with E-state index < -0.39 is 17.2 Å². The highest BCUT2D eigenvalue weighted by Crippen LogP contribution is 2.23. The molecule has 19 heavy (non-hydrogen) atoms. The summed E-state index contributed by atoms with van der Waals surface area (Å²) in [5.74, 6) is -1.78. The van der Waals surface area contributed by atoms with Crippen molar-refractivity contribution in [1.29, 1.82) is 5.26 Å². The Morgan fingerprint density at radius 1 is 1.42 bits per heavy atom. The number of hydrogen-bond acceptors (Lipinski definition) is 3. The van der Waals surface area contributed by atoms with Crippen molar-refractivity contribution in [2.45, 2.75) is 13.0 Å². The minimum absolute atomic E-state index is 0.00169. The fraction of sp³-hybridized carbons (Fsp3) is 0.231. The van der Waals surface area contributed by atoms with Crippen LogP contribution in [-0.2, 0) is 0 Å². The second-order valence-corrected chi connectivity index (χ2v) is 4.19. The summed E-state index contributed by atoms with van der Waals surface area (Å²) in [5, 5.41) is 12.8. The van der Waals surface area contributed by atoms with E-state index in [4.69, 9.17) is 11.0 Å². The Labute approximate surface area is 109 Å². The van der Waals surface area contributed by atoms with Gasteiger partial charge >= 0.3 is 0 Å². The van der Waals surface area contributed by atoms with E-state index in [2.05, 4.69) is 5.10 Å². The maximum atomic E-state index is 13.5. The highest BCUT2D eigenvalue weighted by molar-refractivity contribution is 5.60. The average Bonchev–Trinajstić information content (AvgIpc) is 2.87. The number of nitrogens with zero attached hydrogens (tertiary/aromatic N) is 3. The zero-order valence-electron chi connectivity index (χ0n) is 10.3. The topological polar surface area (TPSA) is 67.6 Å². The predicted molar refractivity (Wildman–Crippen MR) is 66.1 cm³/mol. The van der Waals surface area contributed by atoms with Gasteiger partial charge in [0.25, 0.3) is 0 Å². The maximum Gasteiger partial charge on any atom is 0.144 e. The lowest BCUT2D eigenvalue weighted by Crippen LogP contribution is -2.16. The van der Waals surface area contributed by atoms with Crippen molar-refractivity contribution in [3.8, 4) is 17.3 Å². The smallest absolute Gasteiger partial charge is 0.144 e. The molecule has 0 aliphatic heterocycles. The Morgan fingerprint density at radius 2 is 2.05 bits per heavy atom. The molecule has 98 valence electrons. The van der Waals surface area contributed by atoms with Crippen molar-refractivity contribution in [1.82, 2.24) is 9.78 Å². The number of hydrogen-bond donors (Lipinski definition) is 1. The van der Waals surface area contributed by atoms with Gasteiger partial charge in [-0.05, 0) is 25.1 Å². The molecule has 0 saturated heterocycles. The van der Waals surface area contributed by atoms with Crippen molar-refractivity contribution < 1.29 is 8.78 Å². The molecule has 1 atom stereocenters. The summed E-state index contributed by atoms with van der Waals surface area (Å²) in [7, 11) is 0. The van der Waals surface area contributed by atoms with E-state index in [0.717, 1.165) is 12.1 Å². The zero-order valence-corrected chi connectivity index (χ0v) is 10.3. The van der Waals surface area contributed by atoms with Crippen LogP contribution in [0.1, 0.15) is 18.5 Å². The maximum absolute atomic E-state index is 13.5. The third-order valence-electron chi connectivity index (χ3n) is 2.85. The lowest BCUT2D eigenvalue weighted by atomic mass is 10.1. The monoisotopic (exact) mass is 262 g/mol. The van der Waals surface area contributed by atoms with Crippen LogP contribution < -0.4 is 5.73 Å². The minimum atomic E-state index is -0.890. The minimum Gasteiger partial charge on any atom is -0.328 e. The van der Waals surface area contributed by atoms with Gasteiger partial charge in [0.2, 0.25) is 0 Å². The van der Waals surface area contributed by atoms with Gasteiger partial charge in [-0.2, -0.15) is 10.4 Å². The Morgan fingerprint density at radius 3 is 2.58 bits per heavy atom. The van der Waals surface area contributed by atoms with Gasteiger partial charge in [-0.3, -0.25) is 4.68 Å². The quantitative estimate of drug-likeness (QED) is 0.922. The molecule has 0 fully saturated rings. The standard InChI is InChI=1S/C13H12F2N4/c1-8(6-16)19-3-2-13(18-19)9-4-11(14)10(7-17)12(15)5-9/h2-5,8H,6,16H2,1H3/t8-/m0/s1. The van der Waals surface area contributed by atoms with Gasteiger partial charge in [0, 0.05) is 18.3 Å². The highest BCUT2D eigenvalue weighted by Gasteiger charge is 2.13. The van der Waals surface area contributed by atoms with E-state index in [1.165, 1.54) is 6.07 Å². The van der Waals surface area contributed by atoms with Crippen LogP contribution in [-0.4, -0.2) is 16.3 Å². The SMILES string of the molecule is C[C@@H](CN)n1ccc(-c2cc(F)c(C#N)c(F)c2)n1. The molecule has 2 aromatic rings. The summed E-state index contributed by atoms with van der Waals surface area (Å²) < 4.78 is 28.7. The zero-order chi connectivity index (χ0) is 14.0. The molecule has 6 heteroatoms. The molecule has 4 nitrogen and oxygen atoms in total. The summed E-state index contributed by atoms with van der Waals surface area (Å²) in [6.45, 7) is 2.30. The van der Waals surface area contributed by atoms with Gasteiger partial charge in [-0.1, -0.05) is 0 Å². The van der Waals surface area contributed by atoms with Crippen molar-refractivity contribution in [2.75, 3.05) is 6.54 Å².